The monoisotopic (exact) mass is 231 g/mol. The summed E-state index contributed by atoms with van der Waals surface area (Å²) < 4.78 is 0. The zero-order valence-electron chi connectivity index (χ0n) is 10.8. The zero-order valence-corrected chi connectivity index (χ0v) is 10.8. The molecule has 0 N–H and O–H groups in total. The normalized spacial score (nSPS) is 16.7. The van der Waals surface area contributed by atoms with Crippen LogP contribution in [0.1, 0.15) is 47.2 Å². The van der Waals surface area contributed by atoms with Crippen LogP contribution in [0.3, 0.4) is 0 Å². The molecule has 0 spiro atoms. The van der Waals surface area contributed by atoms with Crippen LogP contribution in [-0.2, 0) is 0 Å². The number of nitrogens with zero attached hydrogens (tertiary/aromatic N) is 1. The molecule has 0 bridgehead atoms. The van der Waals surface area contributed by atoms with Gasteiger partial charge in [0.25, 0.3) is 5.91 Å². The Morgan fingerprint density at radius 1 is 1.00 bits per heavy atom. The molecule has 2 nitrogen and oxygen atoms in total. The maximum atomic E-state index is 12.5. The summed E-state index contributed by atoms with van der Waals surface area (Å²) in [4.78, 5) is 14.6. The van der Waals surface area contributed by atoms with Gasteiger partial charge in [0.1, 0.15) is 0 Å². The van der Waals surface area contributed by atoms with Crippen LogP contribution in [0.5, 0.6) is 0 Å². The maximum Gasteiger partial charge on any atom is 0.254 e. The van der Waals surface area contributed by atoms with Crippen molar-refractivity contribution in [1.29, 1.82) is 0 Å². The smallest absolute Gasteiger partial charge is 0.254 e. The van der Waals surface area contributed by atoms with Gasteiger partial charge >= 0.3 is 0 Å². The van der Waals surface area contributed by atoms with Gasteiger partial charge in [0.2, 0.25) is 0 Å². The lowest BCUT2D eigenvalue weighted by Crippen LogP contribution is -2.32. The molecular weight excluding hydrogens is 210 g/mol. The lowest BCUT2D eigenvalue weighted by Gasteiger charge is -2.22. The summed E-state index contributed by atoms with van der Waals surface area (Å²) in [5.41, 5.74) is 3.10. The minimum Gasteiger partial charge on any atom is -0.339 e. The standard InChI is InChI=1S/C15H21NO/c1-12-8-7-9-13(2)14(12)15(17)16-10-5-3-4-6-11-16/h7-9H,3-6,10-11H2,1-2H3. The maximum absolute atomic E-state index is 12.5. The Bertz CT molecular complexity index is 383. The third-order valence-electron chi connectivity index (χ3n) is 3.59. The number of benzene rings is 1. The summed E-state index contributed by atoms with van der Waals surface area (Å²) in [5.74, 6) is 0.225. The van der Waals surface area contributed by atoms with E-state index < -0.39 is 0 Å². The second-order valence-electron chi connectivity index (χ2n) is 4.97. The fourth-order valence-electron chi connectivity index (χ4n) is 2.58. The number of rotatable bonds is 1. The topological polar surface area (TPSA) is 20.3 Å². The molecule has 1 aliphatic rings. The highest BCUT2D eigenvalue weighted by Crippen LogP contribution is 2.18. The molecule has 2 rings (SSSR count). The number of amides is 1. The van der Waals surface area contributed by atoms with Crippen LogP contribution in [0.25, 0.3) is 0 Å². The number of carbonyl (C=O) groups is 1. The molecule has 1 aromatic carbocycles. The summed E-state index contributed by atoms with van der Waals surface area (Å²) in [6.45, 7) is 5.90. The van der Waals surface area contributed by atoms with Crippen LogP contribution in [-0.4, -0.2) is 23.9 Å². The lowest BCUT2D eigenvalue weighted by molar-refractivity contribution is 0.0760. The molecule has 1 aromatic rings. The van der Waals surface area contributed by atoms with Crippen LogP contribution in [0.4, 0.5) is 0 Å². The van der Waals surface area contributed by atoms with Crippen molar-refractivity contribution in [2.24, 2.45) is 0 Å². The Hall–Kier alpha value is -1.31. The molecule has 92 valence electrons. The SMILES string of the molecule is Cc1cccc(C)c1C(=O)N1CCCCCC1. The van der Waals surface area contributed by atoms with Gasteiger partial charge in [-0.15, -0.1) is 0 Å². The predicted octanol–water partition coefficient (Wildman–Crippen LogP) is 3.32. The Morgan fingerprint density at radius 2 is 1.53 bits per heavy atom. The van der Waals surface area contributed by atoms with E-state index in [4.69, 9.17) is 0 Å². The highest BCUT2D eigenvalue weighted by atomic mass is 16.2. The molecule has 1 aliphatic heterocycles. The predicted molar refractivity (Wildman–Crippen MR) is 70.3 cm³/mol. The van der Waals surface area contributed by atoms with Crippen molar-refractivity contribution in [2.45, 2.75) is 39.5 Å². The average molecular weight is 231 g/mol. The van der Waals surface area contributed by atoms with Gasteiger partial charge in [-0.05, 0) is 37.8 Å². The Balaban J connectivity index is 2.23. The third kappa shape index (κ3) is 2.68. The highest BCUT2D eigenvalue weighted by Gasteiger charge is 2.20. The number of aryl methyl sites for hydroxylation is 2. The largest absolute Gasteiger partial charge is 0.339 e. The van der Waals surface area contributed by atoms with E-state index in [-0.39, 0.29) is 5.91 Å². The Labute approximate surface area is 104 Å². The minimum atomic E-state index is 0.225. The first-order chi connectivity index (χ1) is 8.20. The lowest BCUT2D eigenvalue weighted by atomic mass is 10.0. The number of carbonyl (C=O) groups excluding carboxylic acids is 1. The fourth-order valence-corrected chi connectivity index (χ4v) is 2.58. The minimum absolute atomic E-state index is 0.225. The molecule has 1 heterocycles. The van der Waals surface area contributed by atoms with Crippen LogP contribution in [0.2, 0.25) is 0 Å². The average Bonchev–Trinajstić information content (AvgIpc) is 2.57. The molecule has 1 saturated heterocycles. The van der Waals surface area contributed by atoms with Crippen LogP contribution >= 0.6 is 0 Å². The van der Waals surface area contributed by atoms with Crippen molar-refractivity contribution >= 4 is 5.91 Å². The molecule has 0 unspecified atom stereocenters. The molecule has 1 amide bonds. The van der Waals surface area contributed by atoms with Gasteiger partial charge in [-0.25, -0.2) is 0 Å². The first kappa shape index (κ1) is 12.2. The zero-order chi connectivity index (χ0) is 12.3. The number of likely N-dealkylation sites (tertiary alicyclic amines) is 1. The van der Waals surface area contributed by atoms with Gasteiger partial charge in [0.05, 0.1) is 0 Å². The molecule has 0 radical (unpaired) electrons. The van der Waals surface area contributed by atoms with Gasteiger partial charge in [-0.2, -0.15) is 0 Å². The quantitative estimate of drug-likeness (QED) is 0.726. The van der Waals surface area contributed by atoms with Gasteiger partial charge in [-0.1, -0.05) is 31.0 Å². The van der Waals surface area contributed by atoms with E-state index in [0.717, 1.165) is 42.6 Å². The van der Waals surface area contributed by atoms with E-state index >= 15 is 0 Å². The summed E-state index contributed by atoms with van der Waals surface area (Å²) in [6.07, 6.45) is 4.82. The first-order valence-corrected chi connectivity index (χ1v) is 6.55. The Morgan fingerprint density at radius 3 is 2.06 bits per heavy atom. The summed E-state index contributed by atoms with van der Waals surface area (Å²) in [7, 11) is 0. The molecular formula is C15H21NO. The highest BCUT2D eigenvalue weighted by molar-refractivity contribution is 5.97. The second-order valence-corrected chi connectivity index (χ2v) is 4.97. The molecule has 0 aliphatic carbocycles. The molecule has 0 saturated carbocycles. The van der Waals surface area contributed by atoms with Crippen LogP contribution in [0, 0.1) is 13.8 Å². The fraction of sp³-hybridized carbons (Fsp3) is 0.533. The van der Waals surface area contributed by atoms with E-state index in [1.807, 2.05) is 36.9 Å². The molecule has 17 heavy (non-hydrogen) atoms. The first-order valence-electron chi connectivity index (χ1n) is 6.55. The molecule has 2 heteroatoms. The van der Waals surface area contributed by atoms with Crippen molar-refractivity contribution in [2.75, 3.05) is 13.1 Å². The van der Waals surface area contributed by atoms with Gasteiger partial charge in [0, 0.05) is 18.7 Å². The van der Waals surface area contributed by atoms with E-state index in [0.29, 0.717) is 0 Å². The van der Waals surface area contributed by atoms with Crippen LogP contribution < -0.4 is 0 Å². The van der Waals surface area contributed by atoms with Crippen molar-refractivity contribution < 1.29 is 4.79 Å². The van der Waals surface area contributed by atoms with Gasteiger partial charge in [0.15, 0.2) is 0 Å². The summed E-state index contributed by atoms with van der Waals surface area (Å²) in [5, 5.41) is 0. The van der Waals surface area contributed by atoms with Crippen molar-refractivity contribution in [3.8, 4) is 0 Å². The molecule has 0 atom stereocenters. The van der Waals surface area contributed by atoms with Crippen molar-refractivity contribution in [3.63, 3.8) is 0 Å². The van der Waals surface area contributed by atoms with E-state index in [2.05, 4.69) is 0 Å². The summed E-state index contributed by atoms with van der Waals surface area (Å²) in [6, 6.07) is 6.07. The van der Waals surface area contributed by atoms with Gasteiger partial charge < -0.3 is 4.90 Å². The number of hydrogen-bond donors (Lipinski definition) is 0. The van der Waals surface area contributed by atoms with Crippen LogP contribution in [0.15, 0.2) is 18.2 Å². The van der Waals surface area contributed by atoms with Gasteiger partial charge in [-0.3, -0.25) is 4.79 Å². The van der Waals surface area contributed by atoms with Crippen molar-refractivity contribution in [3.05, 3.63) is 34.9 Å². The van der Waals surface area contributed by atoms with E-state index in [1.165, 1.54) is 12.8 Å². The molecule has 0 aromatic heterocycles. The Kier molecular flexibility index (Phi) is 3.82. The van der Waals surface area contributed by atoms with Crippen molar-refractivity contribution in [1.82, 2.24) is 4.90 Å². The second kappa shape index (κ2) is 5.35. The third-order valence-corrected chi connectivity index (χ3v) is 3.59. The number of hydrogen-bond acceptors (Lipinski definition) is 1. The van der Waals surface area contributed by atoms with E-state index in [1.54, 1.807) is 0 Å². The van der Waals surface area contributed by atoms with E-state index in [9.17, 15) is 4.79 Å². The summed E-state index contributed by atoms with van der Waals surface area (Å²) >= 11 is 0. The molecule has 1 fully saturated rings.